The van der Waals surface area contributed by atoms with E-state index in [-0.39, 0.29) is 42.8 Å². The maximum atomic E-state index is 14.9. The lowest BCUT2D eigenvalue weighted by Crippen LogP contribution is -2.54. The van der Waals surface area contributed by atoms with E-state index < -0.39 is 38.1 Å². The highest BCUT2D eigenvalue weighted by Crippen LogP contribution is 2.60. The second-order valence-electron chi connectivity index (χ2n) is 14.5. The average Bonchev–Trinajstić information content (AvgIpc) is 3.74. The second-order valence-corrected chi connectivity index (χ2v) is 18.9. The van der Waals surface area contributed by atoms with Crippen LogP contribution in [0.4, 0.5) is 11.4 Å². The number of aliphatic hydroxyl groups is 1. The van der Waals surface area contributed by atoms with Gasteiger partial charge in [0.1, 0.15) is 0 Å². The van der Waals surface area contributed by atoms with Crippen molar-refractivity contribution in [3.8, 4) is 0 Å². The van der Waals surface area contributed by atoms with Gasteiger partial charge in [0.2, 0.25) is 5.91 Å². The summed E-state index contributed by atoms with van der Waals surface area (Å²) in [6.07, 6.45) is 1.25. The van der Waals surface area contributed by atoms with Crippen LogP contribution in [-0.4, -0.2) is 69.9 Å². The van der Waals surface area contributed by atoms with Crippen LogP contribution in [-0.2, 0) is 42.5 Å². The lowest BCUT2D eigenvalue weighted by Gasteiger charge is -2.39. The molecule has 4 heterocycles. The van der Waals surface area contributed by atoms with E-state index in [1.54, 1.807) is 33.8 Å². The van der Waals surface area contributed by atoms with Crippen LogP contribution in [0.15, 0.2) is 79.0 Å². The van der Waals surface area contributed by atoms with Crippen molar-refractivity contribution in [3.05, 3.63) is 106 Å². The van der Waals surface area contributed by atoms with E-state index in [0.29, 0.717) is 40.6 Å². The number of carbonyl (C=O) groups excluding carboxylic acids is 3. The molecule has 272 valence electrons. The number of fused-ring (bicyclic) bond motifs is 2. The highest BCUT2D eigenvalue weighted by atomic mass is 35.5. The van der Waals surface area contributed by atoms with Crippen LogP contribution in [0.1, 0.15) is 55.0 Å². The van der Waals surface area contributed by atoms with Crippen LogP contribution < -0.4 is 9.80 Å². The van der Waals surface area contributed by atoms with E-state index in [2.05, 4.69) is 10.3 Å². The van der Waals surface area contributed by atoms with Gasteiger partial charge in [-0.05, 0) is 61.0 Å². The Hall–Kier alpha value is -4.40. The fourth-order valence-corrected chi connectivity index (χ4v) is 11.1. The average molecular weight is 744 g/mol. The smallest absolute Gasteiger partial charge is 0.304 e. The predicted molar refractivity (Wildman–Crippen MR) is 196 cm³/mol. The first-order chi connectivity index (χ1) is 24.8. The Labute approximate surface area is 308 Å². The molecule has 2 unspecified atom stereocenters. The van der Waals surface area contributed by atoms with E-state index >= 15 is 0 Å². The van der Waals surface area contributed by atoms with Gasteiger partial charge < -0.3 is 24.3 Å². The lowest BCUT2D eigenvalue weighted by molar-refractivity contribution is -0.154. The minimum Gasteiger partial charge on any atom is -0.441 e. The minimum absolute atomic E-state index is 0.113. The molecule has 12 nitrogen and oxygen atoms in total. The molecule has 2 saturated heterocycles. The van der Waals surface area contributed by atoms with Gasteiger partial charge in [0, 0.05) is 47.4 Å². The molecule has 2 amide bonds. The molecular weight excluding hydrogens is 702 g/mol. The quantitative estimate of drug-likeness (QED) is 0.121. The van der Waals surface area contributed by atoms with Gasteiger partial charge in [-0.15, -0.1) is 5.10 Å². The summed E-state index contributed by atoms with van der Waals surface area (Å²) in [5.41, 5.74) is 2.54. The van der Waals surface area contributed by atoms with Crippen LogP contribution in [0.25, 0.3) is 0 Å². The van der Waals surface area contributed by atoms with Crippen molar-refractivity contribution in [2.45, 2.75) is 82.3 Å². The molecule has 0 bridgehead atoms. The van der Waals surface area contributed by atoms with Crippen molar-refractivity contribution in [2.75, 3.05) is 16.4 Å². The van der Waals surface area contributed by atoms with Gasteiger partial charge in [-0.1, -0.05) is 66.2 Å². The van der Waals surface area contributed by atoms with Gasteiger partial charge in [0.05, 0.1) is 43.0 Å². The summed E-state index contributed by atoms with van der Waals surface area (Å²) < 4.78 is 14.0. The third-order valence-electron chi connectivity index (χ3n) is 10.6. The summed E-state index contributed by atoms with van der Waals surface area (Å²) in [7, 11) is -2.93. The molecule has 0 saturated carbocycles. The number of esters is 1. The van der Waals surface area contributed by atoms with Crippen LogP contribution in [0.5, 0.6) is 0 Å². The number of aryl methyl sites for hydroxylation is 1. The number of β-lactam (4-membered cyclic amide) rings is 1. The lowest BCUT2D eigenvalue weighted by atomic mass is 9.82. The molecule has 4 aromatic rings. The Morgan fingerprint density at radius 1 is 1.12 bits per heavy atom. The first kappa shape index (κ1) is 36.0. The number of hydrogen-bond acceptors (Lipinski definition) is 9. The van der Waals surface area contributed by atoms with E-state index in [1.165, 1.54) is 11.8 Å². The molecule has 2 N–H and O–H groups in total. The first-order valence-corrected chi connectivity index (χ1v) is 20.9. The number of aliphatic hydroxyl groups excluding tert-OH is 1. The van der Waals surface area contributed by atoms with Gasteiger partial charge in [-0.3, -0.25) is 24.0 Å². The topological polar surface area (TPSA) is 147 Å². The molecule has 0 aliphatic carbocycles. The summed E-state index contributed by atoms with van der Waals surface area (Å²) in [5, 5.41) is 19.3. The maximum Gasteiger partial charge on any atom is 0.304 e. The van der Waals surface area contributed by atoms with Crippen molar-refractivity contribution in [1.29, 1.82) is 0 Å². The number of rotatable bonds is 11. The molecule has 2 fully saturated rings. The van der Waals surface area contributed by atoms with Crippen LogP contribution >= 0.6 is 11.6 Å². The molecule has 6 atom stereocenters. The van der Waals surface area contributed by atoms with E-state index in [0.717, 1.165) is 11.1 Å². The number of benzene rings is 3. The van der Waals surface area contributed by atoms with Crippen LogP contribution in [0, 0.1) is 5.92 Å². The fraction of sp³-hybridized carbons (Fsp3) is 0.395. The Morgan fingerprint density at radius 3 is 2.58 bits per heavy atom. The number of aromatic nitrogens is 3. The standard InChI is InChI=1S/C38H42ClN5O7Si/c1-23-36(52(3,4)49)33(15-16-42-21-31(40-41-42)29(22-45)26-10-6-5-7-11-26)51-38(23)30-18-27(39)13-14-32(30)43(37(38)48)20-25-9-8-12-28(17-25)44-34(47)19-35(44)50-24(2)46/h5-14,17-18,21,23,29,33,35-36,45,49H,15-16,19-20,22H2,1-4H3/t23-,29?,33+,35?,36-,38+/m1/s1. The van der Waals surface area contributed by atoms with Crippen LogP contribution in [0.3, 0.4) is 0 Å². The highest BCUT2D eigenvalue weighted by Gasteiger charge is 2.66. The fourth-order valence-electron chi connectivity index (χ4n) is 8.34. The molecule has 3 aliphatic heterocycles. The first-order valence-electron chi connectivity index (χ1n) is 17.5. The minimum atomic E-state index is -2.93. The molecule has 3 aliphatic rings. The van der Waals surface area contributed by atoms with Crippen molar-refractivity contribution < 1.29 is 33.8 Å². The zero-order valence-corrected chi connectivity index (χ0v) is 31.2. The monoisotopic (exact) mass is 743 g/mol. The van der Waals surface area contributed by atoms with E-state index in [4.69, 9.17) is 21.1 Å². The van der Waals surface area contributed by atoms with E-state index in [9.17, 15) is 24.3 Å². The van der Waals surface area contributed by atoms with Crippen molar-refractivity contribution in [2.24, 2.45) is 5.92 Å². The van der Waals surface area contributed by atoms with Crippen molar-refractivity contribution >= 4 is 49.1 Å². The third kappa shape index (κ3) is 6.34. The molecule has 1 spiro atoms. The highest BCUT2D eigenvalue weighted by molar-refractivity contribution is 6.71. The summed E-state index contributed by atoms with van der Waals surface area (Å²) in [5.74, 6) is -1.59. The Balaban J connectivity index is 1.16. The van der Waals surface area contributed by atoms with Gasteiger partial charge in [0.25, 0.3) is 5.91 Å². The van der Waals surface area contributed by atoms with Gasteiger partial charge >= 0.3 is 5.97 Å². The predicted octanol–water partition coefficient (Wildman–Crippen LogP) is 5.12. The maximum absolute atomic E-state index is 14.9. The second kappa shape index (κ2) is 13.9. The Morgan fingerprint density at radius 2 is 1.88 bits per heavy atom. The number of ether oxygens (including phenoxy) is 2. The number of amides is 2. The number of hydrogen-bond donors (Lipinski definition) is 2. The molecule has 7 rings (SSSR count). The Kier molecular flexibility index (Phi) is 9.59. The largest absolute Gasteiger partial charge is 0.441 e. The zero-order chi connectivity index (χ0) is 36.9. The number of anilines is 2. The number of carbonyl (C=O) groups is 3. The molecular formula is C38H42ClN5O7Si. The third-order valence-corrected chi connectivity index (χ3v) is 13.4. The van der Waals surface area contributed by atoms with Crippen molar-refractivity contribution in [3.63, 3.8) is 0 Å². The molecule has 0 radical (unpaired) electrons. The Bertz CT molecular complexity index is 2000. The van der Waals surface area contributed by atoms with Crippen molar-refractivity contribution in [1.82, 2.24) is 15.0 Å². The zero-order valence-electron chi connectivity index (χ0n) is 29.5. The van der Waals surface area contributed by atoms with Gasteiger partial charge in [-0.25, -0.2) is 0 Å². The molecule has 52 heavy (non-hydrogen) atoms. The number of nitrogens with zero attached hydrogens (tertiary/aromatic N) is 5. The van der Waals surface area contributed by atoms with Crippen LogP contribution in [0.2, 0.25) is 23.7 Å². The molecule has 3 aromatic carbocycles. The molecule has 1 aromatic heterocycles. The van der Waals surface area contributed by atoms with Gasteiger partial charge in [-0.2, -0.15) is 0 Å². The number of halogens is 1. The summed E-state index contributed by atoms with van der Waals surface area (Å²) >= 11 is 6.58. The SMILES string of the molecule is CC(=O)OC1CC(=O)N1c1cccc(CN2C(=O)[C@@]3(O[C@@H](CCn4cc(C(CO)c5ccccc5)nn4)[C@H]([Si](C)(C)O)[C@H]3C)c3cc(Cl)ccc32)c1. The van der Waals surface area contributed by atoms with Gasteiger partial charge in [0.15, 0.2) is 20.1 Å². The summed E-state index contributed by atoms with van der Waals surface area (Å²) in [6, 6.07) is 22.3. The molecule has 14 heteroatoms. The summed E-state index contributed by atoms with van der Waals surface area (Å²) in [4.78, 5) is 53.9. The normalized spacial score (nSPS) is 24.7. The summed E-state index contributed by atoms with van der Waals surface area (Å²) in [6.45, 7) is 7.54. The van der Waals surface area contributed by atoms with E-state index in [1.807, 2.05) is 74.7 Å².